The maximum atomic E-state index is 13.1. The van der Waals surface area contributed by atoms with E-state index >= 15 is 0 Å². The molecule has 2 saturated heterocycles. The third-order valence-corrected chi connectivity index (χ3v) is 6.23. The molecule has 0 saturated carbocycles. The lowest BCUT2D eigenvalue weighted by molar-refractivity contribution is -0.132. The summed E-state index contributed by atoms with van der Waals surface area (Å²) in [5.74, 6) is 1.78. The van der Waals surface area contributed by atoms with E-state index in [1.54, 1.807) is 0 Å². The highest BCUT2D eigenvalue weighted by atomic mass is 35.5. The summed E-state index contributed by atoms with van der Waals surface area (Å²) in [7, 11) is 0. The van der Waals surface area contributed by atoms with E-state index in [4.69, 9.17) is 0 Å². The Morgan fingerprint density at radius 3 is 1.77 bits per heavy atom. The largest absolute Gasteiger partial charge is 0.342 e. The van der Waals surface area contributed by atoms with Crippen LogP contribution in [0, 0.1) is 11.8 Å². The number of carbonyl (C=O) groups is 1. The minimum absolute atomic E-state index is 0. The molecular weight excluding hydrogens is 417 g/mol. The summed E-state index contributed by atoms with van der Waals surface area (Å²) in [5, 5.41) is 3.51. The number of nitrogens with zero attached hydrogens (tertiary/aromatic N) is 2. The third-order valence-electron chi connectivity index (χ3n) is 6.23. The SMILES string of the molecule is Cl.Cl.O=C(CN(Cc1ccccc1)Cc1ccccc1)N1CC[C@@H]2CNC[C@@H]2CC1. The number of rotatable bonds is 6. The summed E-state index contributed by atoms with van der Waals surface area (Å²) in [6.07, 6.45) is 2.28. The first-order chi connectivity index (χ1) is 13.8. The Morgan fingerprint density at radius 1 is 0.833 bits per heavy atom. The van der Waals surface area contributed by atoms with Gasteiger partial charge in [0.15, 0.2) is 0 Å². The minimum Gasteiger partial charge on any atom is -0.342 e. The zero-order valence-corrected chi connectivity index (χ0v) is 19.0. The van der Waals surface area contributed by atoms with Gasteiger partial charge in [-0.2, -0.15) is 0 Å². The molecule has 2 atom stereocenters. The van der Waals surface area contributed by atoms with Crippen LogP contribution in [-0.4, -0.2) is 48.4 Å². The molecule has 4 nitrogen and oxygen atoms in total. The molecule has 0 aliphatic carbocycles. The van der Waals surface area contributed by atoms with E-state index < -0.39 is 0 Å². The van der Waals surface area contributed by atoms with Gasteiger partial charge in [0.25, 0.3) is 0 Å². The predicted octanol–water partition coefficient (Wildman–Crippen LogP) is 3.99. The molecule has 0 unspecified atom stereocenters. The summed E-state index contributed by atoms with van der Waals surface area (Å²) in [6.45, 7) is 6.15. The van der Waals surface area contributed by atoms with Gasteiger partial charge in [-0.25, -0.2) is 0 Å². The molecule has 0 spiro atoms. The van der Waals surface area contributed by atoms with E-state index in [0.717, 1.165) is 63.9 Å². The van der Waals surface area contributed by atoms with Crippen molar-refractivity contribution in [2.45, 2.75) is 25.9 Å². The standard InChI is InChI=1S/C24H31N3O.2ClH/c28-24(27-13-11-22-15-25-16-23(22)12-14-27)19-26(17-20-7-3-1-4-8-20)18-21-9-5-2-6-10-21;;/h1-10,22-23,25H,11-19H2;2*1H/t22-,23+;;. The Balaban J connectivity index is 0.00000160. The molecule has 1 N–H and O–H groups in total. The number of fused-ring (bicyclic) bond motifs is 1. The molecule has 0 radical (unpaired) electrons. The maximum Gasteiger partial charge on any atom is 0.236 e. The summed E-state index contributed by atoms with van der Waals surface area (Å²) < 4.78 is 0. The fourth-order valence-corrected chi connectivity index (χ4v) is 4.61. The molecule has 6 heteroatoms. The first kappa shape index (κ1) is 24.7. The van der Waals surface area contributed by atoms with Crippen LogP contribution in [0.4, 0.5) is 0 Å². The van der Waals surface area contributed by atoms with Gasteiger partial charge in [-0.05, 0) is 48.9 Å². The zero-order chi connectivity index (χ0) is 19.2. The van der Waals surface area contributed by atoms with Gasteiger partial charge in [-0.1, -0.05) is 60.7 Å². The first-order valence-electron chi connectivity index (χ1n) is 10.6. The van der Waals surface area contributed by atoms with Crippen molar-refractivity contribution in [1.29, 1.82) is 0 Å². The van der Waals surface area contributed by atoms with E-state index in [9.17, 15) is 4.79 Å². The second-order valence-electron chi connectivity index (χ2n) is 8.25. The summed E-state index contributed by atoms with van der Waals surface area (Å²) in [4.78, 5) is 17.5. The normalized spacial score (nSPS) is 20.6. The van der Waals surface area contributed by atoms with Gasteiger partial charge in [-0.3, -0.25) is 9.69 Å². The van der Waals surface area contributed by atoms with E-state index in [1.165, 1.54) is 11.1 Å². The van der Waals surface area contributed by atoms with Gasteiger partial charge in [0.05, 0.1) is 6.54 Å². The van der Waals surface area contributed by atoms with Crippen molar-refractivity contribution in [1.82, 2.24) is 15.1 Å². The monoisotopic (exact) mass is 449 g/mol. The lowest BCUT2D eigenvalue weighted by atomic mass is 9.92. The number of amides is 1. The Labute approximate surface area is 192 Å². The van der Waals surface area contributed by atoms with Crippen LogP contribution >= 0.6 is 24.8 Å². The predicted molar refractivity (Wildman–Crippen MR) is 127 cm³/mol. The fourth-order valence-electron chi connectivity index (χ4n) is 4.61. The molecule has 2 aliphatic rings. The van der Waals surface area contributed by atoms with E-state index in [1.807, 2.05) is 12.1 Å². The molecule has 164 valence electrons. The molecule has 1 amide bonds. The van der Waals surface area contributed by atoms with Crippen LogP contribution in [0.3, 0.4) is 0 Å². The molecule has 2 aromatic carbocycles. The Bertz CT molecular complexity index is 704. The van der Waals surface area contributed by atoms with Gasteiger partial charge in [-0.15, -0.1) is 24.8 Å². The van der Waals surface area contributed by atoms with Crippen LogP contribution in [0.1, 0.15) is 24.0 Å². The first-order valence-corrected chi connectivity index (χ1v) is 10.6. The van der Waals surface area contributed by atoms with Crippen molar-refractivity contribution < 1.29 is 4.79 Å². The topological polar surface area (TPSA) is 35.6 Å². The van der Waals surface area contributed by atoms with Crippen LogP contribution < -0.4 is 5.32 Å². The van der Waals surface area contributed by atoms with E-state index in [2.05, 4.69) is 63.6 Å². The molecular formula is C24H33Cl2N3O. The summed E-state index contributed by atoms with van der Waals surface area (Å²) in [5.41, 5.74) is 2.51. The molecule has 2 aromatic rings. The minimum atomic E-state index is 0. The molecule has 2 fully saturated rings. The second-order valence-corrected chi connectivity index (χ2v) is 8.25. The van der Waals surface area contributed by atoms with Gasteiger partial charge in [0.1, 0.15) is 0 Å². The van der Waals surface area contributed by atoms with E-state index in [-0.39, 0.29) is 30.7 Å². The zero-order valence-electron chi connectivity index (χ0n) is 17.4. The van der Waals surface area contributed by atoms with Crippen molar-refractivity contribution >= 4 is 30.7 Å². The molecule has 2 aliphatic heterocycles. The number of carbonyl (C=O) groups excluding carboxylic acids is 1. The van der Waals surface area contributed by atoms with Crippen LogP contribution in [0.25, 0.3) is 0 Å². The highest BCUT2D eigenvalue weighted by Crippen LogP contribution is 2.27. The molecule has 2 heterocycles. The smallest absolute Gasteiger partial charge is 0.236 e. The Morgan fingerprint density at radius 2 is 1.30 bits per heavy atom. The Hall–Kier alpha value is -1.59. The second kappa shape index (κ2) is 12.3. The van der Waals surface area contributed by atoms with Crippen LogP contribution in [0.5, 0.6) is 0 Å². The quantitative estimate of drug-likeness (QED) is 0.723. The van der Waals surface area contributed by atoms with Gasteiger partial charge < -0.3 is 10.2 Å². The number of nitrogens with one attached hydrogen (secondary N) is 1. The van der Waals surface area contributed by atoms with Crippen molar-refractivity contribution in [3.05, 3.63) is 71.8 Å². The van der Waals surface area contributed by atoms with Crippen molar-refractivity contribution in [2.75, 3.05) is 32.7 Å². The number of benzene rings is 2. The fraction of sp³-hybridized carbons (Fsp3) is 0.458. The highest BCUT2D eigenvalue weighted by molar-refractivity contribution is 5.85. The maximum absolute atomic E-state index is 13.1. The number of likely N-dealkylation sites (tertiary alicyclic amines) is 1. The van der Waals surface area contributed by atoms with E-state index in [0.29, 0.717) is 6.54 Å². The lowest BCUT2D eigenvalue weighted by Gasteiger charge is -2.27. The molecule has 4 rings (SSSR count). The van der Waals surface area contributed by atoms with Crippen molar-refractivity contribution in [3.63, 3.8) is 0 Å². The van der Waals surface area contributed by atoms with Gasteiger partial charge in [0.2, 0.25) is 5.91 Å². The molecule has 0 aromatic heterocycles. The number of halogens is 2. The summed E-state index contributed by atoms with van der Waals surface area (Å²) >= 11 is 0. The number of hydrogen-bond donors (Lipinski definition) is 1. The Kier molecular flexibility index (Phi) is 10.1. The average molecular weight is 450 g/mol. The average Bonchev–Trinajstić information content (AvgIpc) is 3.07. The molecule has 30 heavy (non-hydrogen) atoms. The van der Waals surface area contributed by atoms with Gasteiger partial charge in [0, 0.05) is 26.2 Å². The lowest BCUT2D eigenvalue weighted by Crippen LogP contribution is -2.40. The number of hydrogen-bond acceptors (Lipinski definition) is 3. The van der Waals surface area contributed by atoms with Crippen LogP contribution in [0.2, 0.25) is 0 Å². The van der Waals surface area contributed by atoms with Gasteiger partial charge >= 0.3 is 0 Å². The molecule has 0 bridgehead atoms. The van der Waals surface area contributed by atoms with Crippen molar-refractivity contribution in [2.24, 2.45) is 11.8 Å². The third kappa shape index (κ3) is 6.71. The summed E-state index contributed by atoms with van der Waals surface area (Å²) in [6, 6.07) is 20.9. The van der Waals surface area contributed by atoms with Crippen LogP contribution in [0.15, 0.2) is 60.7 Å². The highest BCUT2D eigenvalue weighted by Gasteiger charge is 2.31. The van der Waals surface area contributed by atoms with Crippen molar-refractivity contribution in [3.8, 4) is 0 Å². The van der Waals surface area contributed by atoms with Crippen LogP contribution in [-0.2, 0) is 17.9 Å².